The van der Waals surface area contributed by atoms with Gasteiger partial charge in [0.2, 0.25) is 0 Å². The Morgan fingerprint density at radius 3 is 1.57 bits per heavy atom. The molecule has 2 aromatic heterocycles. The van der Waals surface area contributed by atoms with Crippen molar-refractivity contribution in [3.05, 3.63) is 146 Å². The van der Waals surface area contributed by atoms with E-state index in [-0.39, 0.29) is 0 Å². The molecule has 0 spiro atoms. The third kappa shape index (κ3) is 3.38. The molecule has 0 nitrogen and oxygen atoms in total. The Kier molecular flexibility index (Phi) is 5.13. The van der Waals surface area contributed by atoms with Crippen LogP contribution in [0.5, 0.6) is 0 Å². The van der Waals surface area contributed by atoms with Crippen LogP contribution >= 0.6 is 22.7 Å². The standard InChI is InChI=1S/C42H24S2/c1-2-12-26-23-27(22-21-25(26)11-1)38-29-14-3-5-16-31(29)39(32-17-6-4-15-30(32)38)35-24-34-28-13-7-9-19-36(28)43-41(34)42-40(35)33-18-8-10-20-37(33)44-42/h1-24H. The van der Waals surface area contributed by atoms with Crippen molar-refractivity contribution < 1.29 is 0 Å². The van der Waals surface area contributed by atoms with Gasteiger partial charge in [0.25, 0.3) is 0 Å². The second kappa shape index (κ2) is 9.24. The molecule has 0 unspecified atom stereocenters. The first kappa shape index (κ1) is 24.4. The van der Waals surface area contributed by atoms with Crippen LogP contribution in [0, 0.1) is 0 Å². The summed E-state index contributed by atoms with van der Waals surface area (Å²) in [5, 5.41) is 13.1. The number of fused-ring (bicyclic) bond motifs is 10. The van der Waals surface area contributed by atoms with E-state index >= 15 is 0 Å². The van der Waals surface area contributed by atoms with E-state index in [4.69, 9.17) is 0 Å². The molecular weight excluding hydrogens is 569 g/mol. The molecule has 0 saturated heterocycles. The molecule has 2 heteroatoms. The molecule has 10 aromatic rings. The minimum Gasteiger partial charge on any atom is -0.134 e. The molecule has 204 valence electrons. The van der Waals surface area contributed by atoms with Gasteiger partial charge in [-0.05, 0) is 78.8 Å². The molecule has 8 aromatic carbocycles. The Bertz CT molecular complexity index is 2720. The quantitative estimate of drug-likeness (QED) is 0.175. The highest BCUT2D eigenvalue weighted by atomic mass is 32.1. The van der Waals surface area contributed by atoms with E-state index in [9.17, 15) is 0 Å². The van der Waals surface area contributed by atoms with E-state index in [0.717, 1.165) is 0 Å². The predicted octanol–water partition coefficient (Wildman–Crippen LogP) is 13.2. The van der Waals surface area contributed by atoms with Crippen molar-refractivity contribution in [3.8, 4) is 22.3 Å². The minimum absolute atomic E-state index is 1.26. The van der Waals surface area contributed by atoms with Crippen molar-refractivity contribution in [2.24, 2.45) is 0 Å². The Hall–Kier alpha value is -5.02. The van der Waals surface area contributed by atoms with Crippen molar-refractivity contribution >= 4 is 95.3 Å². The molecule has 10 rings (SSSR count). The summed E-state index contributed by atoms with van der Waals surface area (Å²) >= 11 is 3.87. The smallest absolute Gasteiger partial charge is 0.0540 e. The summed E-state index contributed by atoms with van der Waals surface area (Å²) in [5.74, 6) is 0. The zero-order valence-corrected chi connectivity index (χ0v) is 25.3. The molecule has 0 saturated carbocycles. The van der Waals surface area contributed by atoms with Crippen LogP contribution in [0.25, 0.3) is 94.9 Å². The van der Waals surface area contributed by atoms with Crippen LogP contribution in [0.2, 0.25) is 0 Å². The fourth-order valence-corrected chi connectivity index (χ4v) is 9.89. The van der Waals surface area contributed by atoms with Crippen LogP contribution in [-0.4, -0.2) is 0 Å². The molecule has 2 heterocycles. The van der Waals surface area contributed by atoms with Gasteiger partial charge in [-0.2, -0.15) is 0 Å². The maximum atomic E-state index is 2.50. The van der Waals surface area contributed by atoms with Crippen LogP contribution in [-0.2, 0) is 0 Å². The van der Waals surface area contributed by atoms with Crippen LogP contribution in [0.1, 0.15) is 0 Å². The van der Waals surface area contributed by atoms with Gasteiger partial charge in [0, 0.05) is 30.9 Å². The van der Waals surface area contributed by atoms with Crippen LogP contribution in [0.3, 0.4) is 0 Å². The molecule has 0 amide bonds. The van der Waals surface area contributed by atoms with Gasteiger partial charge in [-0.1, -0.05) is 121 Å². The lowest BCUT2D eigenvalue weighted by molar-refractivity contribution is 1.69. The Labute approximate surface area is 262 Å². The third-order valence-electron chi connectivity index (χ3n) is 9.23. The average Bonchev–Trinajstić information content (AvgIpc) is 3.66. The van der Waals surface area contributed by atoms with Crippen molar-refractivity contribution in [1.29, 1.82) is 0 Å². The maximum absolute atomic E-state index is 2.50. The third-order valence-corrected chi connectivity index (χ3v) is 11.8. The van der Waals surface area contributed by atoms with Gasteiger partial charge in [0.05, 0.1) is 9.40 Å². The van der Waals surface area contributed by atoms with E-state index in [1.54, 1.807) is 0 Å². The van der Waals surface area contributed by atoms with Crippen LogP contribution in [0.4, 0.5) is 0 Å². The van der Waals surface area contributed by atoms with Crippen LogP contribution in [0.15, 0.2) is 146 Å². The summed E-state index contributed by atoms with van der Waals surface area (Å²) in [4.78, 5) is 0. The van der Waals surface area contributed by atoms with Crippen molar-refractivity contribution in [1.82, 2.24) is 0 Å². The minimum atomic E-state index is 1.26. The highest BCUT2D eigenvalue weighted by Gasteiger charge is 2.22. The van der Waals surface area contributed by atoms with E-state index in [0.29, 0.717) is 0 Å². The highest BCUT2D eigenvalue weighted by Crippen LogP contribution is 2.52. The fraction of sp³-hybridized carbons (Fsp3) is 0. The average molecular weight is 593 g/mol. The molecule has 0 fully saturated rings. The number of benzene rings is 8. The van der Waals surface area contributed by atoms with Gasteiger partial charge in [-0.15, -0.1) is 22.7 Å². The summed E-state index contributed by atoms with van der Waals surface area (Å²) in [6, 6.07) is 54.0. The number of hydrogen-bond donors (Lipinski definition) is 0. The van der Waals surface area contributed by atoms with Crippen molar-refractivity contribution in [3.63, 3.8) is 0 Å². The predicted molar refractivity (Wildman–Crippen MR) is 196 cm³/mol. The number of hydrogen-bond acceptors (Lipinski definition) is 2. The summed E-state index contributed by atoms with van der Waals surface area (Å²) in [5.41, 5.74) is 5.21. The second-order valence-corrected chi connectivity index (χ2v) is 13.7. The zero-order valence-electron chi connectivity index (χ0n) is 23.7. The lowest BCUT2D eigenvalue weighted by Gasteiger charge is -2.19. The van der Waals surface area contributed by atoms with Gasteiger partial charge in [-0.25, -0.2) is 0 Å². The summed E-state index contributed by atoms with van der Waals surface area (Å²) in [6.07, 6.45) is 0. The zero-order chi connectivity index (χ0) is 28.8. The summed E-state index contributed by atoms with van der Waals surface area (Å²) in [7, 11) is 0. The topological polar surface area (TPSA) is 0 Å². The molecule has 44 heavy (non-hydrogen) atoms. The monoisotopic (exact) mass is 592 g/mol. The second-order valence-electron chi connectivity index (χ2n) is 11.6. The highest BCUT2D eigenvalue weighted by molar-refractivity contribution is 7.33. The summed E-state index contributed by atoms with van der Waals surface area (Å²) in [6.45, 7) is 0. The SMILES string of the molecule is c1ccc2cc(-c3c4ccccc4c(-c4cc5c6ccccc6sc5c5sc6ccccc6c45)c4ccccc34)ccc2c1. The largest absolute Gasteiger partial charge is 0.134 e. The van der Waals surface area contributed by atoms with Gasteiger partial charge in [-0.3, -0.25) is 0 Å². The number of thiophene rings is 2. The maximum Gasteiger partial charge on any atom is 0.0540 e. The van der Waals surface area contributed by atoms with Gasteiger partial charge >= 0.3 is 0 Å². The van der Waals surface area contributed by atoms with E-state index in [2.05, 4.69) is 146 Å². The molecule has 0 N–H and O–H groups in total. The Balaban J connectivity index is 1.42. The molecule has 0 aliphatic rings. The van der Waals surface area contributed by atoms with Gasteiger partial charge < -0.3 is 0 Å². The molecular formula is C42H24S2. The first-order valence-electron chi connectivity index (χ1n) is 15.0. The van der Waals surface area contributed by atoms with Gasteiger partial charge in [0.15, 0.2) is 0 Å². The van der Waals surface area contributed by atoms with Crippen LogP contribution < -0.4 is 0 Å². The Morgan fingerprint density at radius 1 is 0.341 bits per heavy atom. The molecule has 0 aliphatic heterocycles. The first-order chi connectivity index (χ1) is 21.8. The molecule has 0 atom stereocenters. The Morgan fingerprint density at radius 2 is 0.864 bits per heavy atom. The van der Waals surface area contributed by atoms with Gasteiger partial charge in [0.1, 0.15) is 0 Å². The number of rotatable bonds is 2. The lowest BCUT2D eigenvalue weighted by Crippen LogP contribution is -1.91. The molecule has 0 aliphatic carbocycles. The van der Waals surface area contributed by atoms with E-state index in [1.807, 2.05) is 22.7 Å². The molecule has 0 bridgehead atoms. The lowest BCUT2D eigenvalue weighted by atomic mass is 9.84. The fourth-order valence-electron chi connectivity index (χ4n) is 7.34. The van der Waals surface area contributed by atoms with E-state index < -0.39 is 0 Å². The molecule has 0 radical (unpaired) electrons. The van der Waals surface area contributed by atoms with Crippen molar-refractivity contribution in [2.75, 3.05) is 0 Å². The normalized spacial score (nSPS) is 12.1. The van der Waals surface area contributed by atoms with E-state index in [1.165, 1.54) is 94.9 Å². The van der Waals surface area contributed by atoms with Crippen molar-refractivity contribution in [2.45, 2.75) is 0 Å². The first-order valence-corrected chi connectivity index (χ1v) is 16.7. The summed E-state index contributed by atoms with van der Waals surface area (Å²) < 4.78 is 5.48.